The number of rotatable bonds is 5. The van der Waals surface area contributed by atoms with Crippen LogP contribution in [-0.2, 0) is 19.1 Å². The highest BCUT2D eigenvalue weighted by Gasteiger charge is 2.55. The van der Waals surface area contributed by atoms with E-state index in [9.17, 15) is 19.6 Å². The van der Waals surface area contributed by atoms with Crippen LogP contribution in [0.15, 0.2) is 36.4 Å². The molecule has 2 rings (SSSR count). The molecule has 1 aliphatic rings. The number of esters is 1. The first kappa shape index (κ1) is 18.3. The monoisotopic (exact) mass is 357 g/mol. The van der Waals surface area contributed by atoms with Crippen molar-refractivity contribution in [2.24, 2.45) is 5.92 Å². The van der Waals surface area contributed by atoms with E-state index >= 15 is 0 Å². The van der Waals surface area contributed by atoms with E-state index in [1.165, 1.54) is 6.08 Å². The molecule has 2 N–H and O–H groups in total. The molecule has 0 unspecified atom stereocenters. The second-order valence-corrected chi connectivity index (χ2v) is 5.76. The van der Waals surface area contributed by atoms with E-state index in [-0.39, 0.29) is 5.11 Å². The lowest BCUT2D eigenvalue weighted by molar-refractivity contribution is -0.154. The molecule has 1 amide bonds. The Labute approximate surface area is 149 Å². The second-order valence-electron chi connectivity index (χ2n) is 5.36. The van der Waals surface area contributed by atoms with Gasteiger partial charge in [0.05, 0.1) is 13.2 Å². The Morgan fingerprint density at radius 3 is 2.68 bits per heavy atom. The van der Waals surface area contributed by atoms with Crippen molar-refractivity contribution in [1.82, 2.24) is 10.6 Å². The number of methoxy groups -OCH3 is 1. The lowest BCUT2D eigenvalue weighted by Gasteiger charge is -2.38. The Kier molecular flexibility index (Phi) is 5.62. The summed E-state index contributed by atoms with van der Waals surface area (Å²) in [4.78, 5) is 36.7. The molecular formula is C17H15N3O4S. The SMILES string of the molecule is COC(=O)[C@]1(CC(=O)/C=C\c2ccccc2)NC(=S)NC(=O)[C@H]1C#N. The van der Waals surface area contributed by atoms with E-state index in [0.29, 0.717) is 0 Å². The molecule has 1 fully saturated rings. The molecule has 1 aliphatic heterocycles. The normalized spacial score (nSPS) is 22.6. The number of ether oxygens (including phenoxy) is 1. The summed E-state index contributed by atoms with van der Waals surface area (Å²) in [7, 11) is 1.11. The van der Waals surface area contributed by atoms with Gasteiger partial charge in [0.15, 0.2) is 22.4 Å². The number of allylic oxidation sites excluding steroid dienone is 1. The van der Waals surface area contributed by atoms with Gasteiger partial charge in [-0.25, -0.2) is 4.79 Å². The molecule has 7 nitrogen and oxygen atoms in total. The molecule has 0 spiro atoms. The maximum Gasteiger partial charge on any atom is 0.334 e. The Morgan fingerprint density at radius 2 is 2.08 bits per heavy atom. The Bertz CT molecular complexity index is 785. The number of carbonyl (C=O) groups excluding carboxylic acids is 3. The number of carbonyl (C=O) groups is 3. The standard InChI is InChI=1S/C17H15N3O4S/c1-24-15(23)17(13(10-18)14(22)19-16(25)20-17)9-12(21)8-7-11-5-3-2-4-6-11/h2-8,13H,9H2,1H3,(H2,19,20,22,25)/b8-7-/t13-,17-/m1/s1. The van der Waals surface area contributed by atoms with Crippen molar-refractivity contribution >= 4 is 41.1 Å². The fourth-order valence-electron chi connectivity index (χ4n) is 2.54. The van der Waals surface area contributed by atoms with Crippen LogP contribution in [0.1, 0.15) is 12.0 Å². The summed E-state index contributed by atoms with van der Waals surface area (Å²) in [6, 6.07) is 10.8. The molecule has 0 bridgehead atoms. The Morgan fingerprint density at radius 1 is 1.40 bits per heavy atom. The van der Waals surface area contributed by atoms with E-state index < -0.39 is 35.5 Å². The van der Waals surface area contributed by atoms with E-state index in [1.54, 1.807) is 24.3 Å². The van der Waals surface area contributed by atoms with Gasteiger partial charge in [-0.1, -0.05) is 36.4 Å². The van der Waals surface area contributed by atoms with Crippen molar-refractivity contribution < 1.29 is 19.1 Å². The van der Waals surface area contributed by atoms with Gasteiger partial charge in [0.2, 0.25) is 5.91 Å². The first-order valence-electron chi connectivity index (χ1n) is 7.30. The van der Waals surface area contributed by atoms with Crippen molar-refractivity contribution in [1.29, 1.82) is 5.26 Å². The number of amides is 1. The van der Waals surface area contributed by atoms with E-state index in [2.05, 4.69) is 10.6 Å². The second kappa shape index (κ2) is 7.68. The smallest absolute Gasteiger partial charge is 0.334 e. The van der Waals surface area contributed by atoms with Gasteiger partial charge in [-0.2, -0.15) is 5.26 Å². The van der Waals surface area contributed by atoms with Crippen LogP contribution in [0.3, 0.4) is 0 Å². The third-order valence-corrected chi connectivity index (χ3v) is 3.93. The number of benzene rings is 1. The maximum absolute atomic E-state index is 12.4. The number of ketones is 1. The van der Waals surface area contributed by atoms with Crippen LogP contribution < -0.4 is 10.6 Å². The molecule has 2 atom stereocenters. The molecule has 1 aromatic rings. The van der Waals surface area contributed by atoms with Gasteiger partial charge in [0.25, 0.3) is 0 Å². The highest BCUT2D eigenvalue weighted by Crippen LogP contribution is 2.27. The summed E-state index contributed by atoms with van der Waals surface area (Å²) in [5.74, 6) is -3.57. The van der Waals surface area contributed by atoms with Crippen LogP contribution in [0.5, 0.6) is 0 Å². The third-order valence-electron chi connectivity index (χ3n) is 3.72. The number of nitriles is 1. The molecule has 128 valence electrons. The van der Waals surface area contributed by atoms with Gasteiger partial charge in [-0.3, -0.25) is 9.59 Å². The van der Waals surface area contributed by atoms with Crippen LogP contribution in [0.4, 0.5) is 0 Å². The van der Waals surface area contributed by atoms with Gasteiger partial charge in [0.1, 0.15) is 0 Å². The predicted octanol–water partition coefficient (Wildman–Crippen LogP) is 0.715. The maximum atomic E-state index is 12.4. The first-order valence-corrected chi connectivity index (χ1v) is 7.71. The molecular weight excluding hydrogens is 342 g/mol. The zero-order valence-electron chi connectivity index (χ0n) is 13.3. The molecule has 1 aromatic carbocycles. The molecule has 0 aromatic heterocycles. The predicted molar refractivity (Wildman–Crippen MR) is 92.8 cm³/mol. The van der Waals surface area contributed by atoms with Crippen molar-refractivity contribution in [3.8, 4) is 6.07 Å². The average molecular weight is 357 g/mol. The summed E-state index contributed by atoms with van der Waals surface area (Å²) in [6.07, 6.45) is 2.41. The number of nitrogens with one attached hydrogen (secondary N) is 2. The minimum Gasteiger partial charge on any atom is -0.467 e. The van der Waals surface area contributed by atoms with Gasteiger partial charge in [-0.05, 0) is 23.9 Å². The number of hydrogen-bond acceptors (Lipinski definition) is 6. The molecule has 1 saturated heterocycles. The van der Waals surface area contributed by atoms with Crippen LogP contribution in [-0.4, -0.2) is 35.4 Å². The first-order chi connectivity index (χ1) is 11.9. The van der Waals surface area contributed by atoms with Crippen LogP contribution in [0.25, 0.3) is 6.08 Å². The molecule has 0 saturated carbocycles. The van der Waals surface area contributed by atoms with Gasteiger partial charge >= 0.3 is 5.97 Å². The summed E-state index contributed by atoms with van der Waals surface area (Å²) < 4.78 is 4.72. The minimum atomic E-state index is -1.86. The summed E-state index contributed by atoms with van der Waals surface area (Å²) >= 11 is 4.90. The van der Waals surface area contributed by atoms with Crippen LogP contribution in [0.2, 0.25) is 0 Å². The van der Waals surface area contributed by atoms with Gasteiger partial charge < -0.3 is 15.4 Å². The lowest BCUT2D eigenvalue weighted by atomic mass is 9.78. The number of hydrogen-bond donors (Lipinski definition) is 2. The molecule has 0 radical (unpaired) electrons. The van der Waals surface area contributed by atoms with Crippen LogP contribution in [0, 0.1) is 17.2 Å². The highest BCUT2D eigenvalue weighted by atomic mass is 32.1. The van der Waals surface area contributed by atoms with E-state index in [1.807, 2.05) is 18.2 Å². The quantitative estimate of drug-likeness (QED) is 0.454. The van der Waals surface area contributed by atoms with Crippen molar-refractivity contribution in [2.45, 2.75) is 12.0 Å². The molecule has 0 aliphatic carbocycles. The van der Waals surface area contributed by atoms with Gasteiger partial charge in [0, 0.05) is 6.42 Å². The van der Waals surface area contributed by atoms with Crippen LogP contribution >= 0.6 is 12.2 Å². The van der Waals surface area contributed by atoms with Crippen molar-refractivity contribution in [3.63, 3.8) is 0 Å². The lowest BCUT2D eigenvalue weighted by Crippen LogP contribution is -2.70. The van der Waals surface area contributed by atoms with Crippen molar-refractivity contribution in [2.75, 3.05) is 7.11 Å². The topological polar surface area (TPSA) is 108 Å². The number of nitrogens with zero attached hydrogens (tertiary/aromatic N) is 1. The minimum absolute atomic E-state index is 0.137. The fourth-order valence-corrected chi connectivity index (χ4v) is 2.82. The largest absolute Gasteiger partial charge is 0.467 e. The summed E-state index contributed by atoms with van der Waals surface area (Å²) in [6.45, 7) is 0. The zero-order valence-corrected chi connectivity index (χ0v) is 14.1. The van der Waals surface area contributed by atoms with E-state index in [4.69, 9.17) is 17.0 Å². The Hall–Kier alpha value is -3.05. The highest BCUT2D eigenvalue weighted by molar-refractivity contribution is 7.80. The summed E-state index contributed by atoms with van der Waals surface area (Å²) in [5, 5.41) is 14.0. The average Bonchev–Trinajstić information content (AvgIpc) is 2.59. The molecule has 1 heterocycles. The van der Waals surface area contributed by atoms with E-state index in [0.717, 1.165) is 12.7 Å². The molecule has 8 heteroatoms. The van der Waals surface area contributed by atoms with Crippen molar-refractivity contribution in [3.05, 3.63) is 42.0 Å². The summed E-state index contributed by atoms with van der Waals surface area (Å²) in [5.41, 5.74) is -1.06. The zero-order chi connectivity index (χ0) is 18.4. The molecule has 25 heavy (non-hydrogen) atoms. The van der Waals surface area contributed by atoms with Gasteiger partial charge in [-0.15, -0.1) is 0 Å². The third kappa shape index (κ3) is 3.89. The Balaban J connectivity index is 2.31. The fraction of sp³-hybridized carbons (Fsp3) is 0.235. The number of thiocarbonyl (C=S) groups is 1.